The van der Waals surface area contributed by atoms with E-state index in [0.29, 0.717) is 12.2 Å². The zero-order valence-electron chi connectivity index (χ0n) is 16.9. The Morgan fingerprint density at radius 1 is 0.967 bits per heavy atom. The summed E-state index contributed by atoms with van der Waals surface area (Å²) >= 11 is 0. The summed E-state index contributed by atoms with van der Waals surface area (Å²) in [6.07, 6.45) is 1.94. The topological polar surface area (TPSA) is 43.4 Å². The zero-order valence-corrected chi connectivity index (χ0v) is 16.9. The predicted octanol–water partition coefficient (Wildman–Crippen LogP) is 4.40. The van der Waals surface area contributed by atoms with Crippen molar-refractivity contribution in [2.45, 2.75) is 26.3 Å². The molecule has 30 heavy (non-hydrogen) atoms. The number of carboxylic acid groups (broad SMARTS) is 1. The van der Waals surface area contributed by atoms with Crippen LogP contribution >= 0.6 is 0 Å². The van der Waals surface area contributed by atoms with Crippen LogP contribution in [0.4, 0.5) is 10.1 Å². The van der Waals surface area contributed by atoms with E-state index in [-0.39, 0.29) is 0 Å². The highest BCUT2D eigenvalue weighted by molar-refractivity contribution is 5.87. The van der Waals surface area contributed by atoms with E-state index in [2.05, 4.69) is 23.7 Å². The SMILES string of the molecule is CCCCN(Cc1ccc(C#Cc2ccccc2)cc1)c1ccc(F)c(C(=O)[O-])c1. The van der Waals surface area contributed by atoms with E-state index in [9.17, 15) is 14.3 Å². The molecular weight excluding hydrogens is 377 g/mol. The first-order chi connectivity index (χ1) is 14.6. The first-order valence-electron chi connectivity index (χ1n) is 9.98. The molecule has 0 fully saturated rings. The Bertz CT molecular complexity index is 1050. The van der Waals surface area contributed by atoms with E-state index < -0.39 is 17.3 Å². The molecule has 0 amide bonds. The normalized spacial score (nSPS) is 10.2. The number of carbonyl (C=O) groups is 1. The van der Waals surface area contributed by atoms with Gasteiger partial charge in [-0.3, -0.25) is 0 Å². The Balaban J connectivity index is 1.78. The Morgan fingerprint density at radius 2 is 1.63 bits per heavy atom. The Hall–Kier alpha value is -3.58. The van der Waals surface area contributed by atoms with Crippen molar-refractivity contribution in [2.24, 2.45) is 0 Å². The molecule has 0 radical (unpaired) electrons. The number of benzene rings is 3. The summed E-state index contributed by atoms with van der Waals surface area (Å²) in [6, 6.07) is 21.9. The Morgan fingerprint density at radius 3 is 2.27 bits per heavy atom. The lowest BCUT2D eigenvalue weighted by Crippen LogP contribution is -2.26. The quantitative estimate of drug-likeness (QED) is 0.552. The molecular formula is C26H23FNO2-. The molecule has 3 aromatic carbocycles. The lowest BCUT2D eigenvalue weighted by atomic mass is 10.1. The van der Waals surface area contributed by atoms with Crippen LogP contribution in [0.2, 0.25) is 0 Å². The van der Waals surface area contributed by atoms with Crippen molar-refractivity contribution in [2.75, 3.05) is 11.4 Å². The highest BCUT2D eigenvalue weighted by Crippen LogP contribution is 2.22. The smallest absolute Gasteiger partial charge is 0.132 e. The second kappa shape index (κ2) is 10.3. The number of rotatable bonds is 7. The van der Waals surface area contributed by atoms with Crippen molar-refractivity contribution in [3.63, 3.8) is 0 Å². The highest BCUT2D eigenvalue weighted by Gasteiger charge is 2.11. The van der Waals surface area contributed by atoms with Gasteiger partial charge in [0.05, 0.1) is 5.97 Å². The second-order valence-electron chi connectivity index (χ2n) is 7.04. The Labute approximate surface area is 176 Å². The third kappa shape index (κ3) is 5.71. The van der Waals surface area contributed by atoms with Crippen molar-refractivity contribution >= 4 is 11.7 Å². The molecule has 0 atom stereocenters. The predicted molar refractivity (Wildman–Crippen MR) is 116 cm³/mol. The fraction of sp³-hybridized carbons (Fsp3) is 0.192. The van der Waals surface area contributed by atoms with Gasteiger partial charge in [-0.2, -0.15) is 0 Å². The first-order valence-corrected chi connectivity index (χ1v) is 9.98. The molecule has 0 saturated carbocycles. The molecule has 0 aromatic heterocycles. The van der Waals surface area contributed by atoms with E-state index in [1.165, 1.54) is 12.1 Å². The molecule has 0 spiro atoms. The molecule has 0 saturated heterocycles. The lowest BCUT2D eigenvalue weighted by molar-refractivity contribution is -0.255. The summed E-state index contributed by atoms with van der Waals surface area (Å²) in [6.45, 7) is 3.42. The maximum absolute atomic E-state index is 13.8. The number of carbonyl (C=O) groups excluding carboxylic acids is 1. The minimum absolute atomic E-state index is 0.416. The van der Waals surface area contributed by atoms with Crippen LogP contribution in [0.1, 0.15) is 46.8 Å². The van der Waals surface area contributed by atoms with Crippen LogP contribution in [0.5, 0.6) is 0 Å². The van der Waals surface area contributed by atoms with Gasteiger partial charge < -0.3 is 14.8 Å². The van der Waals surface area contributed by atoms with Gasteiger partial charge in [0.1, 0.15) is 5.82 Å². The van der Waals surface area contributed by atoms with Crippen LogP contribution in [-0.4, -0.2) is 12.5 Å². The maximum Gasteiger partial charge on any atom is 0.132 e. The van der Waals surface area contributed by atoms with Gasteiger partial charge in [0.2, 0.25) is 0 Å². The van der Waals surface area contributed by atoms with E-state index in [0.717, 1.165) is 36.1 Å². The third-order valence-corrected chi connectivity index (χ3v) is 4.77. The highest BCUT2D eigenvalue weighted by atomic mass is 19.1. The standard InChI is InChI=1S/C26H24FNO2/c1-2-3-17-28(23-15-16-25(27)24(18-23)26(29)30)19-22-13-11-21(12-14-22)10-9-20-7-5-4-6-8-20/h4-8,11-16,18H,2-3,17,19H2,1H3,(H,29,30)/p-1. The van der Waals surface area contributed by atoms with Gasteiger partial charge in [0, 0.05) is 35.5 Å². The number of anilines is 1. The van der Waals surface area contributed by atoms with Gasteiger partial charge in [-0.25, -0.2) is 4.39 Å². The number of hydrogen-bond donors (Lipinski definition) is 0. The summed E-state index contributed by atoms with van der Waals surface area (Å²) in [7, 11) is 0. The first kappa shape index (κ1) is 21.1. The molecule has 3 rings (SSSR count). The molecule has 3 nitrogen and oxygen atoms in total. The molecule has 0 bridgehead atoms. The third-order valence-electron chi connectivity index (χ3n) is 4.77. The fourth-order valence-corrected chi connectivity index (χ4v) is 3.09. The van der Waals surface area contributed by atoms with Gasteiger partial charge in [-0.15, -0.1) is 0 Å². The molecule has 0 unspecified atom stereocenters. The summed E-state index contributed by atoms with van der Waals surface area (Å²) in [5.74, 6) is 4.01. The van der Waals surface area contributed by atoms with Gasteiger partial charge in [-0.1, -0.05) is 55.5 Å². The van der Waals surface area contributed by atoms with Gasteiger partial charge >= 0.3 is 0 Å². The van der Waals surface area contributed by atoms with E-state index in [4.69, 9.17) is 0 Å². The number of nitrogens with zero attached hydrogens (tertiary/aromatic N) is 1. The fourth-order valence-electron chi connectivity index (χ4n) is 3.09. The van der Waals surface area contributed by atoms with Crippen molar-refractivity contribution in [1.29, 1.82) is 0 Å². The molecule has 4 heteroatoms. The van der Waals surface area contributed by atoms with E-state index in [1.807, 2.05) is 54.6 Å². The zero-order chi connectivity index (χ0) is 21.3. The number of unbranched alkanes of at least 4 members (excludes halogenated alkanes) is 1. The van der Waals surface area contributed by atoms with Crippen LogP contribution in [0, 0.1) is 17.7 Å². The molecule has 0 aliphatic rings. The summed E-state index contributed by atoms with van der Waals surface area (Å²) in [5, 5.41) is 11.2. The van der Waals surface area contributed by atoms with Crippen molar-refractivity contribution < 1.29 is 14.3 Å². The second-order valence-corrected chi connectivity index (χ2v) is 7.04. The largest absolute Gasteiger partial charge is 0.545 e. The van der Waals surface area contributed by atoms with Crippen molar-refractivity contribution in [3.8, 4) is 11.8 Å². The molecule has 3 aromatic rings. The molecule has 0 aliphatic carbocycles. The number of aromatic carboxylic acids is 1. The summed E-state index contributed by atoms with van der Waals surface area (Å²) in [4.78, 5) is 13.2. The maximum atomic E-state index is 13.8. The average molecular weight is 400 g/mol. The van der Waals surface area contributed by atoms with Crippen LogP contribution in [-0.2, 0) is 6.54 Å². The molecule has 152 valence electrons. The van der Waals surface area contributed by atoms with Gasteiger partial charge in [0.15, 0.2) is 0 Å². The molecule has 0 heterocycles. The van der Waals surface area contributed by atoms with Gasteiger partial charge in [-0.05, 0) is 54.4 Å². The Kier molecular flexibility index (Phi) is 7.24. The summed E-state index contributed by atoms with van der Waals surface area (Å²) < 4.78 is 13.8. The average Bonchev–Trinajstić information content (AvgIpc) is 2.77. The molecule has 0 N–H and O–H groups in total. The minimum Gasteiger partial charge on any atom is -0.545 e. The minimum atomic E-state index is -1.51. The van der Waals surface area contributed by atoms with Crippen LogP contribution in [0.3, 0.4) is 0 Å². The molecule has 0 aliphatic heterocycles. The van der Waals surface area contributed by atoms with E-state index >= 15 is 0 Å². The number of carboxylic acids is 1. The number of hydrogen-bond acceptors (Lipinski definition) is 3. The van der Waals surface area contributed by atoms with Crippen molar-refractivity contribution in [3.05, 3.63) is 101 Å². The van der Waals surface area contributed by atoms with Crippen molar-refractivity contribution in [1.82, 2.24) is 0 Å². The van der Waals surface area contributed by atoms with Crippen LogP contribution in [0.25, 0.3) is 0 Å². The lowest BCUT2D eigenvalue weighted by Gasteiger charge is -2.26. The van der Waals surface area contributed by atoms with Gasteiger partial charge in [0.25, 0.3) is 0 Å². The van der Waals surface area contributed by atoms with Crippen LogP contribution in [0.15, 0.2) is 72.8 Å². The monoisotopic (exact) mass is 400 g/mol. The number of halogens is 1. The summed E-state index contributed by atoms with van der Waals surface area (Å²) in [5.41, 5.74) is 3.20. The van der Waals surface area contributed by atoms with Crippen LogP contribution < -0.4 is 10.0 Å². The van der Waals surface area contributed by atoms with E-state index in [1.54, 1.807) is 6.07 Å².